The van der Waals surface area contributed by atoms with E-state index in [0.29, 0.717) is 46.7 Å². The largest absolute Gasteiger partial charge is 0.379 e. The van der Waals surface area contributed by atoms with Crippen molar-refractivity contribution in [3.05, 3.63) is 58.9 Å². The normalized spacial score (nSPS) is 16.2. The smallest absolute Gasteiger partial charge is 0.223 e. The van der Waals surface area contributed by atoms with Crippen LogP contribution < -0.4 is 5.73 Å². The van der Waals surface area contributed by atoms with E-state index >= 15 is 0 Å². The lowest BCUT2D eigenvalue weighted by molar-refractivity contribution is 0.0285. The van der Waals surface area contributed by atoms with Crippen LogP contribution in [0.25, 0.3) is 28.0 Å². The van der Waals surface area contributed by atoms with Crippen molar-refractivity contribution in [3.63, 3.8) is 0 Å². The summed E-state index contributed by atoms with van der Waals surface area (Å²) in [5.41, 5.74) is 10.1. The van der Waals surface area contributed by atoms with Gasteiger partial charge in [0.15, 0.2) is 11.5 Å². The number of nitrogen functional groups attached to an aromatic ring is 1. The SMILES string of the molecule is Cc1cc(-c2c(-c3ccc(F)cc3)nc(N)n3nc(COC4CCOC4)nc23)cc(Cl)n1. The molecule has 8 nitrogen and oxygen atoms in total. The van der Waals surface area contributed by atoms with Gasteiger partial charge in [-0.3, -0.25) is 0 Å². The molecule has 164 valence electrons. The number of pyridine rings is 1. The first-order chi connectivity index (χ1) is 15.5. The minimum absolute atomic E-state index is 0.0213. The number of aromatic nitrogens is 5. The van der Waals surface area contributed by atoms with E-state index in [1.807, 2.05) is 13.0 Å². The summed E-state index contributed by atoms with van der Waals surface area (Å²) in [7, 11) is 0. The van der Waals surface area contributed by atoms with Crippen LogP contribution in [0.15, 0.2) is 36.4 Å². The van der Waals surface area contributed by atoms with Crippen LogP contribution in [-0.2, 0) is 16.1 Å². The first kappa shape index (κ1) is 20.7. The van der Waals surface area contributed by atoms with E-state index in [1.165, 1.54) is 16.6 Å². The third-order valence-electron chi connectivity index (χ3n) is 5.22. The number of aryl methyl sites for hydroxylation is 1. The fourth-order valence-corrected chi connectivity index (χ4v) is 4.00. The van der Waals surface area contributed by atoms with Crippen LogP contribution in [0.1, 0.15) is 17.9 Å². The number of hydrogen-bond acceptors (Lipinski definition) is 7. The van der Waals surface area contributed by atoms with Gasteiger partial charge in [0.1, 0.15) is 17.6 Å². The standard InChI is InChI=1S/C22H20ClFN6O2/c1-12-8-14(9-17(23)26-12)19-20(13-2-4-15(24)5-3-13)28-22(25)30-21(19)27-18(29-30)11-32-16-6-7-31-10-16/h2-5,8-9,16H,6-7,10-11H2,1H3,(H2,25,28). The summed E-state index contributed by atoms with van der Waals surface area (Å²) < 4.78 is 26.3. The van der Waals surface area contributed by atoms with Crippen LogP contribution in [0.4, 0.5) is 10.3 Å². The van der Waals surface area contributed by atoms with Crippen molar-refractivity contribution in [3.8, 4) is 22.4 Å². The molecule has 1 aliphatic rings. The molecule has 32 heavy (non-hydrogen) atoms. The lowest BCUT2D eigenvalue weighted by atomic mass is 10.00. The van der Waals surface area contributed by atoms with E-state index in [0.717, 1.165) is 17.7 Å². The average molecular weight is 455 g/mol. The van der Waals surface area contributed by atoms with Gasteiger partial charge in [-0.1, -0.05) is 11.6 Å². The second-order valence-electron chi connectivity index (χ2n) is 7.58. The maximum atomic E-state index is 13.6. The molecule has 2 N–H and O–H groups in total. The van der Waals surface area contributed by atoms with E-state index in [9.17, 15) is 4.39 Å². The van der Waals surface area contributed by atoms with Crippen molar-refractivity contribution in [2.75, 3.05) is 18.9 Å². The summed E-state index contributed by atoms with van der Waals surface area (Å²) in [5, 5.41) is 4.83. The summed E-state index contributed by atoms with van der Waals surface area (Å²) in [5.74, 6) is 0.285. The maximum absolute atomic E-state index is 13.6. The van der Waals surface area contributed by atoms with E-state index in [1.54, 1.807) is 18.2 Å². The molecule has 0 radical (unpaired) electrons. The summed E-state index contributed by atoms with van der Waals surface area (Å²) in [6, 6.07) is 9.65. The fourth-order valence-electron chi connectivity index (χ4n) is 3.75. The molecule has 4 aromatic rings. The van der Waals surface area contributed by atoms with Crippen LogP contribution in [-0.4, -0.2) is 43.9 Å². The van der Waals surface area contributed by atoms with Gasteiger partial charge >= 0.3 is 0 Å². The lowest BCUT2D eigenvalue weighted by Gasteiger charge is -2.12. The lowest BCUT2D eigenvalue weighted by Crippen LogP contribution is -2.12. The van der Waals surface area contributed by atoms with E-state index < -0.39 is 0 Å². The van der Waals surface area contributed by atoms with Crippen LogP contribution in [0.2, 0.25) is 5.15 Å². The van der Waals surface area contributed by atoms with Gasteiger partial charge in [0.25, 0.3) is 0 Å². The Morgan fingerprint density at radius 3 is 2.72 bits per heavy atom. The number of ether oxygens (including phenoxy) is 2. The molecule has 0 spiro atoms. The van der Waals surface area contributed by atoms with E-state index in [-0.39, 0.29) is 24.5 Å². The van der Waals surface area contributed by atoms with Gasteiger partial charge in [0, 0.05) is 17.9 Å². The van der Waals surface area contributed by atoms with Gasteiger partial charge in [-0.05, 0) is 55.3 Å². The fraction of sp³-hybridized carbons (Fsp3) is 0.273. The van der Waals surface area contributed by atoms with E-state index in [2.05, 4.69) is 15.1 Å². The second kappa shape index (κ2) is 8.42. The average Bonchev–Trinajstić information content (AvgIpc) is 3.42. The van der Waals surface area contributed by atoms with Crippen molar-refractivity contribution >= 4 is 23.2 Å². The maximum Gasteiger partial charge on any atom is 0.223 e. The molecule has 4 heterocycles. The van der Waals surface area contributed by atoms with Gasteiger partial charge in [0.2, 0.25) is 5.95 Å². The van der Waals surface area contributed by atoms with Gasteiger partial charge in [-0.15, -0.1) is 5.10 Å². The highest BCUT2D eigenvalue weighted by Gasteiger charge is 2.22. The van der Waals surface area contributed by atoms with Gasteiger partial charge in [0.05, 0.1) is 24.0 Å². The predicted molar refractivity (Wildman–Crippen MR) is 118 cm³/mol. The number of anilines is 1. The zero-order valence-corrected chi connectivity index (χ0v) is 18.0. The highest BCUT2D eigenvalue weighted by Crippen LogP contribution is 2.36. The molecule has 3 aromatic heterocycles. The van der Waals surface area contributed by atoms with Crippen LogP contribution >= 0.6 is 11.6 Å². The molecule has 1 aromatic carbocycles. The van der Waals surface area contributed by atoms with Gasteiger partial charge < -0.3 is 15.2 Å². The van der Waals surface area contributed by atoms with Crippen molar-refractivity contribution in [2.45, 2.75) is 26.1 Å². The minimum atomic E-state index is -0.343. The molecule has 5 rings (SSSR count). The zero-order chi connectivity index (χ0) is 22.2. The number of rotatable bonds is 5. The number of nitrogens with two attached hydrogens (primary N) is 1. The Kier molecular flexibility index (Phi) is 5.46. The molecular weight excluding hydrogens is 435 g/mol. The molecule has 0 amide bonds. The Bertz CT molecular complexity index is 1270. The topological polar surface area (TPSA) is 100 Å². The first-order valence-electron chi connectivity index (χ1n) is 10.1. The molecule has 0 bridgehead atoms. The minimum Gasteiger partial charge on any atom is -0.379 e. The molecule has 1 fully saturated rings. The molecule has 0 saturated carbocycles. The summed E-state index contributed by atoms with van der Waals surface area (Å²) in [6.07, 6.45) is 0.860. The molecule has 0 aliphatic carbocycles. The third kappa shape index (κ3) is 4.02. The number of hydrogen-bond donors (Lipinski definition) is 1. The third-order valence-corrected chi connectivity index (χ3v) is 5.41. The first-order valence-corrected chi connectivity index (χ1v) is 10.5. The number of benzene rings is 1. The highest BCUT2D eigenvalue weighted by atomic mass is 35.5. The molecule has 1 saturated heterocycles. The summed E-state index contributed by atoms with van der Waals surface area (Å²) >= 11 is 6.25. The summed E-state index contributed by atoms with van der Waals surface area (Å²) in [4.78, 5) is 13.5. The quantitative estimate of drug-likeness (QED) is 0.457. The predicted octanol–water partition coefficient (Wildman–Crippen LogP) is 3.84. The molecule has 1 atom stereocenters. The number of fused-ring (bicyclic) bond motifs is 1. The van der Waals surface area contributed by atoms with Crippen molar-refractivity contribution < 1.29 is 13.9 Å². The van der Waals surface area contributed by atoms with Gasteiger partial charge in [-0.2, -0.15) is 4.52 Å². The van der Waals surface area contributed by atoms with Crippen molar-refractivity contribution in [2.24, 2.45) is 0 Å². The zero-order valence-electron chi connectivity index (χ0n) is 17.3. The van der Waals surface area contributed by atoms with E-state index in [4.69, 9.17) is 31.8 Å². The molecule has 1 aliphatic heterocycles. The van der Waals surface area contributed by atoms with Crippen molar-refractivity contribution in [1.29, 1.82) is 0 Å². The Balaban J connectivity index is 1.68. The van der Waals surface area contributed by atoms with Crippen LogP contribution in [0, 0.1) is 12.7 Å². The number of nitrogens with zero attached hydrogens (tertiary/aromatic N) is 5. The highest BCUT2D eigenvalue weighted by molar-refractivity contribution is 6.29. The van der Waals surface area contributed by atoms with Gasteiger partial charge in [-0.25, -0.2) is 19.3 Å². The monoisotopic (exact) mass is 454 g/mol. The Morgan fingerprint density at radius 2 is 2.00 bits per heavy atom. The molecule has 1 unspecified atom stereocenters. The Hall–Kier alpha value is -3.14. The van der Waals surface area contributed by atoms with Crippen LogP contribution in [0.3, 0.4) is 0 Å². The Labute approximate surface area is 188 Å². The van der Waals surface area contributed by atoms with Crippen LogP contribution in [0.5, 0.6) is 0 Å². The Morgan fingerprint density at radius 1 is 1.19 bits per heavy atom. The number of halogens is 2. The molecule has 10 heteroatoms. The van der Waals surface area contributed by atoms with Crippen molar-refractivity contribution in [1.82, 2.24) is 24.6 Å². The second-order valence-corrected chi connectivity index (χ2v) is 7.97. The summed E-state index contributed by atoms with van der Waals surface area (Å²) in [6.45, 7) is 3.32. The molecular formula is C22H20ClFN6O2.